The van der Waals surface area contributed by atoms with E-state index >= 15 is 0 Å². The zero-order valence-corrected chi connectivity index (χ0v) is 12.5. The summed E-state index contributed by atoms with van der Waals surface area (Å²) in [6.07, 6.45) is 0. The van der Waals surface area contributed by atoms with Crippen molar-refractivity contribution >= 4 is 83.0 Å². The monoisotopic (exact) mass is 348 g/mol. The van der Waals surface area contributed by atoms with Crippen LogP contribution in [0.15, 0.2) is 10.1 Å². The van der Waals surface area contributed by atoms with E-state index in [4.69, 9.17) is 73.3 Å². The van der Waals surface area contributed by atoms with Crippen molar-refractivity contribution in [3.05, 3.63) is 0 Å². The van der Waals surface area contributed by atoms with Gasteiger partial charge >= 0.3 is 98.9 Å². The zero-order chi connectivity index (χ0) is 9.89. The molecule has 1 unspecified atom stereocenters. The fraction of sp³-hybridized carbons (Fsp3) is 0. The molecule has 0 aromatic rings. The third-order valence-corrected chi connectivity index (χ3v) is 74.0. The molecule has 0 saturated carbocycles. The molecule has 0 aromatic heterocycles. The number of halogens is 6. The summed E-state index contributed by atoms with van der Waals surface area (Å²) in [4.78, 5) is -0.315. The van der Waals surface area contributed by atoms with Gasteiger partial charge in [0.1, 0.15) is 0 Å². The standard InChI is InChI=1S/Cl6H2N3P3/c1-10-11(2,3,4)12(10,5,6)9-8-7/h(H2,7,9)/p+1. The first kappa shape index (κ1) is 12.5. The topological polar surface area (TPSA) is 50.7 Å². The van der Waals surface area contributed by atoms with Crippen LogP contribution >= 0.6 is 83.0 Å². The Labute approximate surface area is 98.3 Å². The van der Waals surface area contributed by atoms with Gasteiger partial charge in [0.05, 0.1) is 0 Å². The first-order valence-electron chi connectivity index (χ1n) is 2.34. The summed E-state index contributed by atoms with van der Waals surface area (Å²) in [6.45, 7) is -1.98. The number of nitrogens with zero attached hydrogens (tertiary/aromatic N) is 2. The van der Waals surface area contributed by atoms with Crippen LogP contribution in [0.25, 0.3) is 0 Å². The molecule has 1 aliphatic rings. The normalized spacial score (nSPS) is 46.7. The Kier molecular flexibility index (Phi) is 2.87. The van der Waals surface area contributed by atoms with E-state index in [-0.39, 0.29) is 0 Å². The van der Waals surface area contributed by atoms with E-state index in [0.717, 1.165) is 0 Å². The molecule has 1 saturated heterocycles. The zero-order valence-electron chi connectivity index (χ0n) is 5.13. The third kappa shape index (κ3) is 1.16. The van der Waals surface area contributed by atoms with Crippen LogP contribution in [0.3, 0.4) is 0 Å². The minimum atomic E-state index is -3.76. The second-order valence-electron chi connectivity index (χ2n) is 2.07. The van der Waals surface area contributed by atoms with Gasteiger partial charge < -0.3 is 0 Å². The van der Waals surface area contributed by atoms with Crippen LogP contribution in [0, 0.1) is 0 Å². The number of hydrogen-bond acceptors (Lipinski definition) is 2. The Morgan fingerprint density at radius 1 is 1.08 bits per heavy atom. The summed E-state index contributed by atoms with van der Waals surface area (Å²) < 4.78 is -3.72. The Morgan fingerprint density at radius 3 is 1.50 bits per heavy atom. The van der Waals surface area contributed by atoms with E-state index in [1.807, 2.05) is 0 Å². The number of rotatable bonds is 1. The van der Waals surface area contributed by atoms with Crippen LogP contribution in [-0.4, -0.2) is 0 Å². The van der Waals surface area contributed by atoms with Crippen molar-refractivity contribution in [2.75, 3.05) is 0 Å². The van der Waals surface area contributed by atoms with Gasteiger partial charge in [0, 0.05) is 0 Å². The van der Waals surface area contributed by atoms with Crippen LogP contribution in [0.1, 0.15) is 0 Å². The molecule has 1 heterocycles. The quantitative estimate of drug-likeness (QED) is 0.259. The van der Waals surface area contributed by atoms with E-state index in [0.29, 0.717) is 0 Å². The average molecular weight is 351 g/mol. The van der Waals surface area contributed by atoms with E-state index in [9.17, 15) is 0 Å². The maximum absolute atomic E-state index is 5.91. The Balaban J connectivity index is 3.25. The Morgan fingerprint density at radius 2 is 1.42 bits per heavy atom. The first-order chi connectivity index (χ1) is 5.05. The summed E-state index contributed by atoms with van der Waals surface area (Å²) in [5.41, 5.74) is 0. The molecule has 0 aromatic carbocycles. The van der Waals surface area contributed by atoms with E-state index in [1.165, 1.54) is 0 Å². The summed E-state index contributed by atoms with van der Waals surface area (Å²) in [6, 6.07) is 0. The van der Waals surface area contributed by atoms with Gasteiger partial charge in [-0.05, 0) is 0 Å². The molecule has 3 nitrogen and oxygen atoms in total. The van der Waals surface area contributed by atoms with E-state index in [2.05, 4.69) is 10.1 Å². The molecule has 74 valence electrons. The molecule has 1 fully saturated rings. The van der Waals surface area contributed by atoms with Crippen molar-refractivity contribution in [3.8, 4) is 0 Å². The number of hydrogen-bond donors (Lipinski definition) is 1. The van der Waals surface area contributed by atoms with Gasteiger partial charge in [-0.1, -0.05) is 0 Å². The SMILES string of the molecule is NN=NP1(Cl)(Cl)[PH+](Cl)P1(Cl)(Cl)Cl. The van der Waals surface area contributed by atoms with E-state index < -0.39 is 15.5 Å². The fourth-order valence-corrected chi connectivity index (χ4v) is 74.0. The van der Waals surface area contributed by atoms with Gasteiger partial charge in [-0.15, -0.1) is 0 Å². The minimum absolute atomic E-state index is 1.98. The van der Waals surface area contributed by atoms with Gasteiger partial charge in [-0.25, -0.2) is 0 Å². The summed E-state index contributed by atoms with van der Waals surface area (Å²) in [5, 5.41) is 2.97. The molecule has 0 spiro atoms. The molecule has 12 heteroatoms. The van der Waals surface area contributed by atoms with Crippen LogP contribution < -0.4 is 5.84 Å². The van der Waals surface area contributed by atoms with Crippen molar-refractivity contribution in [1.29, 1.82) is 0 Å². The van der Waals surface area contributed by atoms with Gasteiger partial charge in [0.25, 0.3) is 0 Å². The summed E-state index contributed by atoms with van der Waals surface area (Å²) in [5.74, 6) is 4.81. The fourth-order valence-electron chi connectivity index (χ4n) is 0.538. The summed E-state index contributed by atoms with van der Waals surface area (Å²) >= 11 is 35.1. The van der Waals surface area contributed by atoms with E-state index in [1.54, 1.807) is 0 Å². The molecule has 12 heavy (non-hydrogen) atoms. The van der Waals surface area contributed by atoms with Gasteiger partial charge in [-0.3, -0.25) is 0 Å². The predicted molar refractivity (Wildman–Crippen MR) is 66.3 cm³/mol. The van der Waals surface area contributed by atoms with Gasteiger partial charge in [-0.2, -0.15) is 0 Å². The third-order valence-electron chi connectivity index (χ3n) is 1.32. The maximum atomic E-state index is 5.91. The predicted octanol–water partition coefficient (Wildman–Crippen LogP) is 6.23. The van der Waals surface area contributed by atoms with Gasteiger partial charge in [0.2, 0.25) is 0 Å². The molecule has 0 amide bonds. The Hall–Kier alpha value is 2.43. The van der Waals surface area contributed by atoms with Crippen molar-refractivity contribution in [1.82, 2.24) is 0 Å². The first-order valence-corrected chi connectivity index (χ1v) is 16.2. The molecule has 1 aliphatic heterocycles. The molecular formula is H3Cl6N3P3+. The molecule has 0 aliphatic carbocycles. The molecule has 1 rings (SSSR count). The van der Waals surface area contributed by atoms with Crippen molar-refractivity contribution in [3.63, 3.8) is 0 Å². The van der Waals surface area contributed by atoms with Crippen molar-refractivity contribution in [2.45, 2.75) is 0 Å². The number of nitrogens with two attached hydrogens (primary N) is 1. The van der Waals surface area contributed by atoms with Crippen LogP contribution in [0.5, 0.6) is 0 Å². The molecule has 1 atom stereocenters. The second-order valence-corrected chi connectivity index (χ2v) is 44.6. The van der Waals surface area contributed by atoms with Crippen LogP contribution in [0.2, 0.25) is 0 Å². The van der Waals surface area contributed by atoms with Crippen LogP contribution in [-0.2, 0) is 0 Å². The summed E-state index contributed by atoms with van der Waals surface area (Å²) in [7, 11) is 0. The molecule has 0 radical (unpaired) electrons. The molecular weight excluding hydrogens is 348 g/mol. The average Bonchev–Trinajstić information content (AvgIpc) is 2.07. The Bertz CT molecular complexity index is 263. The van der Waals surface area contributed by atoms with Crippen molar-refractivity contribution in [2.24, 2.45) is 16.0 Å². The van der Waals surface area contributed by atoms with Gasteiger partial charge in [0.15, 0.2) is 0 Å². The van der Waals surface area contributed by atoms with Crippen molar-refractivity contribution < 1.29 is 0 Å². The molecule has 2 N–H and O–H groups in total. The molecule has 0 bridgehead atoms. The van der Waals surface area contributed by atoms with Crippen LogP contribution in [0.4, 0.5) is 0 Å². The second kappa shape index (κ2) is 2.76.